The van der Waals surface area contributed by atoms with Crippen molar-refractivity contribution < 1.29 is 9.90 Å². The summed E-state index contributed by atoms with van der Waals surface area (Å²) in [4.78, 5) is 16.0. The van der Waals surface area contributed by atoms with Gasteiger partial charge >= 0.3 is 5.97 Å². The van der Waals surface area contributed by atoms with Crippen LogP contribution < -0.4 is 0 Å². The Bertz CT molecular complexity index is 283. The molecular weight excluding hydrogens is 228 g/mol. The molecule has 0 aromatic carbocycles. The molecule has 0 aliphatic carbocycles. The van der Waals surface area contributed by atoms with E-state index in [1.807, 2.05) is 0 Å². The number of nitrogens with zero attached hydrogens (tertiary/aromatic N) is 2. The first kappa shape index (κ1) is 13.8. The van der Waals surface area contributed by atoms with Crippen molar-refractivity contribution >= 4 is 5.97 Å². The fourth-order valence-corrected chi connectivity index (χ4v) is 3.23. The largest absolute Gasteiger partial charge is 0.481 e. The highest BCUT2D eigenvalue weighted by atomic mass is 16.4. The molecule has 4 heteroatoms. The van der Waals surface area contributed by atoms with Gasteiger partial charge in [0.1, 0.15) is 0 Å². The number of piperidine rings is 1. The quantitative estimate of drug-likeness (QED) is 0.810. The number of likely N-dealkylation sites (tertiary alicyclic amines) is 2. The van der Waals surface area contributed by atoms with Gasteiger partial charge in [-0.3, -0.25) is 9.69 Å². The third-order valence-electron chi connectivity index (χ3n) is 4.39. The highest BCUT2D eigenvalue weighted by Gasteiger charge is 2.33. The maximum atomic E-state index is 11.0. The molecular formula is C14H26N2O2. The van der Waals surface area contributed by atoms with Crippen LogP contribution in [0.1, 0.15) is 39.0 Å². The summed E-state index contributed by atoms with van der Waals surface area (Å²) in [5.41, 5.74) is 0. The van der Waals surface area contributed by atoms with Crippen molar-refractivity contribution in [3.8, 4) is 0 Å². The zero-order valence-corrected chi connectivity index (χ0v) is 11.5. The van der Waals surface area contributed by atoms with E-state index >= 15 is 0 Å². The van der Waals surface area contributed by atoms with Gasteiger partial charge in [0.25, 0.3) is 0 Å². The van der Waals surface area contributed by atoms with Crippen LogP contribution in [0.5, 0.6) is 0 Å². The lowest BCUT2D eigenvalue weighted by Crippen LogP contribution is -2.47. The Hall–Kier alpha value is -0.610. The van der Waals surface area contributed by atoms with E-state index in [0.29, 0.717) is 6.04 Å². The van der Waals surface area contributed by atoms with Crippen LogP contribution in [-0.2, 0) is 4.79 Å². The van der Waals surface area contributed by atoms with Crippen molar-refractivity contribution in [1.82, 2.24) is 9.80 Å². The van der Waals surface area contributed by atoms with Gasteiger partial charge in [-0.15, -0.1) is 0 Å². The van der Waals surface area contributed by atoms with Gasteiger partial charge < -0.3 is 10.0 Å². The van der Waals surface area contributed by atoms with E-state index in [9.17, 15) is 4.79 Å². The predicted octanol–water partition coefficient (Wildman–Crippen LogP) is 1.66. The van der Waals surface area contributed by atoms with Crippen LogP contribution in [-0.4, -0.2) is 59.6 Å². The van der Waals surface area contributed by atoms with Gasteiger partial charge in [-0.05, 0) is 45.3 Å². The van der Waals surface area contributed by atoms with Crippen molar-refractivity contribution in [2.24, 2.45) is 5.92 Å². The van der Waals surface area contributed by atoms with Crippen LogP contribution in [0.25, 0.3) is 0 Å². The molecule has 2 rings (SSSR count). The van der Waals surface area contributed by atoms with Crippen LogP contribution in [0.15, 0.2) is 0 Å². The van der Waals surface area contributed by atoms with Gasteiger partial charge in [0.05, 0.1) is 5.92 Å². The minimum absolute atomic E-state index is 0.129. The summed E-state index contributed by atoms with van der Waals surface area (Å²) in [6.45, 7) is 7.56. The number of carbonyl (C=O) groups is 1. The maximum Gasteiger partial charge on any atom is 0.307 e. The van der Waals surface area contributed by atoms with Crippen molar-refractivity contribution in [3.63, 3.8) is 0 Å². The molecule has 0 amide bonds. The fourth-order valence-electron chi connectivity index (χ4n) is 3.23. The Morgan fingerprint density at radius 2 is 2.11 bits per heavy atom. The Kier molecular flexibility index (Phi) is 5.01. The van der Waals surface area contributed by atoms with Crippen LogP contribution in [0.2, 0.25) is 0 Å². The van der Waals surface area contributed by atoms with Gasteiger partial charge in [0, 0.05) is 19.1 Å². The molecule has 0 spiro atoms. The molecule has 0 aromatic heterocycles. The number of rotatable bonds is 5. The predicted molar refractivity (Wildman–Crippen MR) is 71.7 cm³/mol. The first-order valence-corrected chi connectivity index (χ1v) is 7.40. The molecule has 2 aliphatic rings. The highest BCUT2D eigenvalue weighted by Crippen LogP contribution is 2.24. The summed E-state index contributed by atoms with van der Waals surface area (Å²) >= 11 is 0. The second-order valence-electron chi connectivity index (χ2n) is 5.77. The smallest absolute Gasteiger partial charge is 0.307 e. The van der Waals surface area contributed by atoms with Gasteiger partial charge in [-0.2, -0.15) is 0 Å². The molecule has 1 N–H and O–H groups in total. The van der Waals surface area contributed by atoms with Crippen molar-refractivity contribution in [3.05, 3.63) is 0 Å². The van der Waals surface area contributed by atoms with E-state index in [-0.39, 0.29) is 5.92 Å². The summed E-state index contributed by atoms with van der Waals surface area (Å²) < 4.78 is 0. The van der Waals surface area contributed by atoms with E-state index in [4.69, 9.17) is 5.11 Å². The number of carboxylic acids is 1. The van der Waals surface area contributed by atoms with Gasteiger partial charge in [0.2, 0.25) is 0 Å². The van der Waals surface area contributed by atoms with Crippen LogP contribution >= 0.6 is 0 Å². The van der Waals surface area contributed by atoms with Crippen molar-refractivity contribution in [1.29, 1.82) is 0 Å². The summed E-state index contributed by atoms with van der Waals surface area (Å²) in [5, 5.41) is 9.06. The molecule has 0 saturated carbocycles. The Morgan fingerprint density at radius 3 is 2.78 bits per heavy atom. The fraction of sp³-hybridized carbons (Fsp3) is 0.929. The van der Waals surface area contributed by atoms with Crippen LogP contribution in [0.3, 0.4) is 0 Å². The topological polar surface area (TPSA) is 43.8 Å². The maximum absolute atomic E-state index is 11.0. The molecule has 104 valence electrons. The third kappa shape index (κ3) is 3.45. The number of hydrogen-bond donors (Lipinski definition) is 1. The average molecular weight is 254 g/mol. The number of carboxylic acid groups (broad SMARTS) is 1. The molecule has 2 unspecified atom stereocenters. The van der Waals surface area contributed by atoms with E-state index in [0.717, 1.165) is 26.1 Å². The molecule has 2 heterocycles. The van der Waals surface area contributed by atoms with E-state index in [1.165, 1.54) is 38.8 Å². The van der Waals surface area contributed by atoms with Crippen molar-refractivity contribution in [2.75, 3.05) is 32.7 Å². The van der Waals surface area contributed by atoms with Crippen LogP contribution in [0, 0.1) is 5.92 Å². The summed E-state index contributed by atoms with van der Waals surface area (Å²) in [5.74, 6) is -0.743. The lowest BCUT2D eigenvalue weighted by molar-refractivity contribution is -0.141. The molecule has 0 bridgehead atoms. The standard InChI is InChI=1S/C14H26N2O2/c1-2-3-7-15-8-4-5-13(11-15)16-9-6-12(10-16)14(17)18/h12-13H,2-11H2,1H3,(H,17,18). The summed E-state index contributed by atoms with van der Waals surface area (Å²) in [7, 11) is 0. The van der Waals surface area contributed by atoms with Crippen molar-refractivity contribution in [2.45, 2.75) is 45.1 Å². The molecule has 4 nitrogen and oxygen atoms in total. The van der Waals surface area contributed by atoms with Gasteiger partial charge in [0.15, 0.2) is 0 Å². The minimum Gasteiger partial charge on any atom is -0.481 e. The van der Waals surface area contributed by atoms with E-state index in [1.54, 1.807) is 0 Å². The zero-order valence-electron chi connectivity index (χ0n) is 11.5. The first-order valence-electron chi connectivity index (χ1n) is 7.40. The van der Waals surface area contributed by atoms with Gasteiger partial charge in [-0.25, -0.2) is 0 Å². The lowest BCUT2D eigenvalue weighted by atomic mass is 10.0. The third-order valence-corrected chi connectivity index (χ3v) is 4.39. The summed E-state index contributed by atoms with van der Waals surface area (Å²) in [6.07, 6.45) is 5.88. The molecule has 2 saturated heterocycles. The average Bonchev–Trinajstić information content (AvgIpc) is 2.86. The second-order valence-corrected chi connectivity index (χ2v) is 5.77. The summed E-state index contributed by atoms with van der Waals surface area (Å²) in [6, 6.07) is 0.597. The molecule has 2 aliphatic heterocycles. The number of hydrogen-bond acceptors (Lipinski definition) is 3. The number of aliphatic carboxylic acids is 1. The minimum atomic E-state index is -0.615. The van der Waals surface area contributed by atoms with E-state index in [2.05, 4.69) is 16.7 Å². The molecule has 18 heavy (non-hydrogen) atoms. The highest BCUT2D eigenvalue weighted by molar-refractivity contribution is 5.70. The van der Waals surface area contributed by atoms with E-state index < -0.39 is 5.97 Å². The molecule has 2 fully saturated rings. The molecule has 0 aromatic rings. The van der Waals surface area contributed by atoms with Crippen LogP contribution in [0.4, 0.5) is 0 Å². The monoisotopic (exact) mass is 254 g/mol. The number of unbranched alkanes of at least 4 members (excludes halogenated alkanes) is 1. The Morgan fingerprint density at radius 1 is 1.28 bits per heavy atom. The Labute approximate surface area is 110 Å². The molecule has 2 atom stereocenters. The Balaban J connectivity index is 1.80. The zero-order chi connectivity index (χ0) is 13.0. The SMILES string of the molecule is CCCCN1CCCC(N2CCC(C(=O)O)C2)C1. The second kappa shape index (κ2) is 6.53. The lowest BCUT2D eigenvalue weighted by Gasteiger charge is -2.37. The normalized spacial score (nSPS) is 30.7. The molecule has 0 radical (unpaired) electrons. The van der Waals surface area contributed by atoms with Gasteiger partial charge in [-0.1, -0.05) is 13.3 Å². The first-order chi connectivity index (χ1) is 8.70.